The van der Waals surface area contributed by atoms with Crippen LogP contribution in [0.5, 0.6) is 0 Å². The Labute approximate surface area is 110 Å². The molecule has 0 aliphatic rings. The summed E-state index contributed by atoms with van der Waals surface area (Å²) in [6.07, 6.45) is 1.84. The van der Waals surface area contributed by atoms with Crippen LogP contribution < -0.4 is 5.73 Å². The number of hydrogen-bond donors (Lipinski definition) is 1. The van der Waals surface area contributed by atoms with Crippen molar-refractivity contribution >= 4 is 16.5 Å². The summed E-state index contributed by atoms with van der Waals surface area (Å²) in [6.45, 7) is 0. The lowest BCUT2D eigenvalue weighted by atomic mass is 9.99. The minimum absolute atomic E-state index is 0.605. The van der Waals surface area contributed by atoms with Gasteiger partial charge in [0.15, 0.2) is 5.13 Å². The molecule has 0 aliphatic carbocycles. The van der Waals surface area contributed by atoms with Crippen LogP contribution in [-0.2, 0) is 0 Å². The van der Waals surface area contributed by atoms with Crippen molar-refractivity contribution in [3.05, 3.63) is 60.8 Å². The van der Waals surface area contributed by atoms with Crippen LogP contribution in [-0.4, -0.2) is 4.98 Å². The number of rotatable bonds is 2. The highest BCUT2D eigenvalue weighted by Crippen LogP contribution is 2.35. The minimum atomic E-state index is 0.605. The van der Waals surface area contributed by atoms with E-state index in [0.717, 1.165) is 4.88 Å². The monoisotopic (exact) mass is 252 g/mol. The van der Waals surface area contributed by atoms with Crippen molar-refractivity contribution in [3.63, 3.8) is 0 Å². The minimum Gasteiger partial charge on any atom is -0.375 e. The van der Waals surface area contributed by atoms with Crippen LogP contribution in [0.1, 0.15) is 0 Å². The zero-order valence-corrected chi connectivity index (χ0v) is 10.5. The Morgan fingerprint density at radius 2 is 1.50 bits per heavy atom. The normalized spacial score (nSPS) is 10.4. The van der Waals surface area contributed by atoms with Crippen LogP contribution in [0.15, 0.2) is 60.8 Å². The summed E-state index contributed by atoms with van der Waals surface area (Å²) >= 11 is 1.52. The van der Waals surface area contributed by atoms with Crippen molar-refractivity contribution in [1.82, 2.24) is 4.98 Å². The van der Waals surface area contributed by atoms with Gasteiger partial charge in [-0.2, -0.15) is 0 Å². The lowest BCUT2D eigenvalue weighted by Gasteiger charge is -2.07. The molecule has 1 heterocycles. The molecule has 0 spiro atoms. The molecule has 0 amide bonds. The van der Waals surface area contributed by atoms with Gasteiger partial charge in [0.1, 0.15) is 0 Å². The standard InChI is InChI=1S/C15H12N2S/c16-15-17-10-14(18-15)13-9-5-4-8-12(13)11-6-2-1-3-7-11/h1-10H,(H2,16,17). The van der Waals surface area contributed by atoms with Crippen molar-refractivity contribution in [1.29, 1.82) is 0 Å². The van der Waals surface area contributed by atoms with E-state index in [1.807, 2.05) is 30.5 Å². The number of nitrogen functional groups attached to an aromatic ring is 1. The molecule has 0 saturated carbocycles. The molecule has 3 heteroatoms. The Kier molecular flexibility index (Phi) is 2.82. The molecule has 0 unspecified atom stereocenters. The zero-order valence-electron chi connectivity index (χ0n) is 9.71. The molecule has 0 bridgehead atoms. The number of thiazole rings is 1. The van der Waals surface area contributed by atoms with Crippen molar-refractivity contribution in [2.45, 2.75) is 0 Å². The van der Waals surface area contributed by atoms with E-state index in [-0.39, 0.29) is 0 Å². The van der Waals surface area contributed by atoms with Gasteiger partial charge in [0.05, 0.1) is 4.88 Å². The molecular formula is C15H12N2S. The van der Waals surface area contributed by atoms with Gasteiger partial charge in [-0.1, -0.05) is 65.9 Å². The molecule has 0 radical (unpaired) electrons. The molecule has 2 nitrogen and oxygen atoms in total. The van der Waals surface area contributed by atoms with E-state index in [9.17, 15) is 0 Å². The highest BCUT2D eigenvalue weighted by molar-refractivity contribution is 7.18. The van der Waals surface area contributed by atoms with Crippen molar-refractivity contribution in [3.8, 4) is 21.6 Å². The largest absolute Gasteiger partial charge is 0.375 e. The fourth-order valence-corrected chi connectivity index (χ4v) is 2.70. The molecule has 0 atom stereocenters. The van der Waals surface area contributed by atoms with Gasteiger partial charge in [0.2, 0.25) is 0 Å². The Morgan fingerprint density at radius 3 is 2.17 bits per heavy atom. The second-order valence-electron chi connectivity index (χ2n) is 3.97. The van der Waals surface area contributed by atoms with Gasteiger partial charge in [-0.15, -0.1) is 0 Å². The van der Waals surface area contributed by atoms with Crippen LogP contribution in [0.25, 0.3) is 21.6 Å². The van der Waals surface area contributed by atoms with E-state index in [1.165, 1.54) is 28.0 Å². The average Bonchev–Trinajstić information content (AvgIpc) is 2.86. The van der Waals surface area contributed by atoms with Crippen LogP contribution in [0.2, 0.25) is 0 Å². The summed E-state index contributed by atoms with van der Waals surface area (Å²) in [5.41, 5.74) is 9.31. The van der Waals surface area contributed by atoms with Gasteiger partial charge in [-0.05, 0) is 11.1 Å². The van der Waals surface area contributed by atoms with Crippen LogP contribution in [0.3, 0.4) is 0 Å². The summed E-state index contributed by atoms with van der Waals surface area (Å²) in [7, 11) is 0. The Balaban J connectivity index is 2.17. The Bertz CT molecular complexity index is 659. The summed E-state index contributed by atoms with van der Waals surface area (Å²) in [5, 5.41) is 0.605. The number of hydrogen-bond acceptors (Lipinski definition) is 3. The second kappa shape index (κ2) is 4.63. The first kappa shape index (κ1) is 11.0. The molecular weight excluding hydrogens is 240 g/mol. The molecule has 3 aromatic rings. The van der Waals surface area contributed by atoms with E-state index in [4.69, 9.17) is 5.73 Å². The average molecular weight is 252 g/mol. The molecule has 18 heavy (non-hydrogen) atoms. The highest BCUT2D eigenvalue weighted by Gasteiger charge is 2.08. The first-order chi connectivity index (χ1) is 8.84. The Morgan fingerprint density at radius 1 is 0.833 bits per heavy atom. The van der Waals surface area contributed by atoms with E-state index < -0.39 is 0 Å². The van der Waals surface area contributed by atoms with Crippen LogP contribution in [0, 0.1) is 0 Å². The van der Waals surface area contributed by atoms with Crippen molar-refractivity contribution in [2.24, 2.45) is 0 Å². The number of nitrogens with zero attached hydrogens (tertiary/aromatic N) is 1. The molecule has 0 aliphatic heterocycles. The summed E-state index contributed by atoms with van der Waals surface area (Å²) in [4.78, 5) is 5.23. The maximum atomic E-state index is 5.71. The van der Waals surface area contributed by atoms with Gasteiger partial charge in [-0.25, -0.2) is 4.98 Å². The number of nitrogens with two attached hydrogens (primary N) is 1. The molecule has 0 saturated heterocycles. The summed E-state index contributed by atoms with van der Waals surface area (Å²) in [6, 6.07) is 18.7. The van der Waals surface area contributed by atoms with Crippen LogP contribution in [0.4, 0.5) is 5.13 Å². The van der Waals surface area contributed by atoms with Crippen LogP contribution >= 0.6 is 11.3 Å². The van der Waals surface area contributed by atoms with Gasteiger partial charge in [0, 0.05) is 11.8 Å². The molecule has 1 aromatic heterocycles. The SMILES string of the molecule is Nc1ncc(-c2ccccc2-c2ccccc2)s1. The summed E-state index contributed by atoms with van der Waals surface area (Å²) in [5.74, 6) is 0. The fourth-order valence-electron chi connectivity index (χ4n) is 1.98. The second-order valence-corrected chi connectivity index (χ2v) is 5.04. The predicted molar refractivity (Wildman–Crippen MR) is 77.4 cm³/mol. The third-order valence-corrected chi connectivity index (χ3v) is 3.66. The quantitative estimate of drug-likeness (QED) is 0.747. The fraction of sp³-hybridized carbons (Fsp3) is 0. The third-order valence-electron chi connectivity index (χ3n) is 2.80. The van der Waals surface area contributed by atoms with E-state index in [2.05, 4.69) is 35.3 Å². The van der Waals surface area contributed by atoms with Gasteiger partial charge in [-0.3, -0.25) is 0 Å². The maximum absolute atomic E-state index is 5.71. The van der Waals surface area contributed by atoms with Crippen molar-refractivity contribution < 1.29 is 0 Å². The number of aromatic nitrogens is 1. The molecule has 0 fully saturated rings. The molecule has 3 rings (SSSR count). The molecule has 2 aromatic carbocycles. The lowest BCUT2D eigenvalue weighted by Crippen LogP contribution is -1.81. The smallest absolute Gasteiger partial charge is 0.180 e. The summed E-state index contributed by atoms with van der Waals surface area (Å²) < 4.78 is 0. The Hall–Kier alpha value is -2.13. The topological polar surface area (TPSA) is 38.9 Å². The van der Waals surface area contributed by atoms with Gasteiger partial charge < -0.3 is 5.73 Å². The number of benzene rings is 2. The van der Waals surface area contributed by atoms with E-state index >= 15 is 0 Å². The third kappa shape index (κ3) is 2.00. The maximum Gasteiger partial charge on any atom is 0.180 e. The number of anilines is 1. The lowest BCUT2D eigenvalue weighted by molar-refractivity contribution is 1.42. The molecule has 2 N–H and O–H groups in total. The predicted octanol–water partition coefficient (Wildman–Crippen LogP) is 4.06. The van der Waals surface area contributed by atoms with Gasteiger partial charge in [0.25, 0.3) is 0 Å². The van der Waals surface area contributed by atoms with E-state index in [0.29, 0.717) is 5.13 Å². The molecule has 88 valence electrons. The highest BCUT2D eigenvalue weighted by atomic mass is 32.1. The zero-order chi connectivity index (χ0) is 12.4. The van der Waals surface area contributed by atoms with Crippen molar-refractivity contribution in [2.75, 3.05) is 5.73 Å². The van der Waals surface area contributed by atoms with Gasteiger partial charge >= 0.3 is 0 Å². The first-order valence-electron chi connectivity index (χ1n) is 5.71. The first-order valence-corrected chi connectivity index (χ1v) is 6.52. The van der Waals surface area contributed by atoms with E-state index in [1.54, 1.807) is 0 Å².